The molecule has 2 aromatic heterocycles. The maximum atomic E-state index is 4.63. The van der Waals surface area contributed by atoms with E-state index < -0.39 is 0 Å². The molecular weight excluding hydrogens is 276 g/mol. The molecule has 3 rings (SSSR count). The summed E-state index contributed by atoms with van der Waals surface area (Å²) in [5.74, 6) is 0. The van der Waals surface area contributed by atoms with Crippen molar-refractivity contribution in [1.82, 2.24) is 9.38 Å². The molecule has 2 heterocycles. The predicted octanol–water partition coefficient (Wildman–Crippen LogP) is 4.07. The van der Waals surface area contributed by atoms with Crippen molar-refractivity contribution in [3.8, 4) is 11.3 Å². The number of rotatable bonds is 1. The van der Waals surface area contributed by atoms with Crippen molar-refractivity contribution in [2.45, 2.75) is 6.92 Å². The van der Waals surface area contributed by atoms with Crippen molar-refractivity contribution in [2.75, 3.05) is 0 Å². The molecular formula is C14H11BrN2. The first kappa shape index (κ1) is 10.5. The fourth-order valence-electron chi connectivity index (χ4n) is 1.95. The van der Waals surface area contributed by atoms with Crippen LogP contribution >= 0.6 is 15.9 Å². The number of aromatic nitrogens is 2. The fourth-order valence-corrected chi connectivity index (χ4v) is 2.31. The van der Waals surface area contributed by atoms with E-state index in [-0.39, 0.29) is 0 Å². The van der Waals surface area contributed by atoms with Gasteiger partial charge in [-0.1, -0.05) is 24.3 Å². The van der Waals surface area contributed by atoms with E-state index in [0.717, 1.165) is 15.8 Å². The molecule has 0 N–H and O–H groups in total. The Morgan fingerprint density at radius 3 is 2.71 bits per heavy atom. The number of hydrogen-bond acceptors (Lipinski definition) is 1. The van der Waals surface area contributed by atoms with Crippen molar-refractivity contribution >= 4 is 21.6 Å². The molecule has 0 saturated carbocycles. The highest BCUT2D eigenvalue weighted by Crippen LogP contribution is 2.23. The monoisotopic (exact) mass is 286 g/mol. The van der Waals surface area contributed by atoms with Crippen LogP contribution in [0.25, 0.3) is 16.9 Å². The van der Waals surface area contributed by atoms with Gasteiger partial charge in [-0.15, -0.1) is 0 Å². The second kappa shape index (κ2) is 4.00. The lowest BCUT2D eigenvalue weighted by Gasteiger charge is -1.99. The maximum Gasteiger partial charge on any atom is 0.137 e. The maximum absolute atomic E-state index is 4.63. The van der Waals surface area contributed by atoms with Crippen LogP contribution in [0.4, 0.5) is 0 Å². The van der Waals surface area contributed by atoms with Crippen LogP contribution in [-0.2, 0) is 0 Å². The summed E-state index contributed by atoms with van der Waals surface area (Å²) in [6.45, 7) is 2.11. The molecule has 0 unspecified atom stereocenters. The molecule has 0 bridgehead atoms. The number of halogens is 1. The molecule has 0 saturated heterocycles. The molecule has 3 heteroatoms. The Labute approximate surface area is 108 Å². The van der Waals surface area contributed by atoms with Gasteiger partial charge < -0.3 is 4.40 Å². The number of pyridine rings is 1. The molecule has 0 amide bonds. The quantitative estimate of drug-likeness (QED) is 0.659. The normalized spacial score (nSPS) is 10.9. The summed E-state index contributed by atoms with van der Waals surface area (Å²) in [5, 5.41) is 0. The lowest BCUT2D eigenvalue weighted by molar-refractivity contribution is 1.17. The Hall–Kier alpha value is -1.61. The molecule has 0 atom stereocenters. The summed E-state index contributed by atoms with van der Waals surface area (Å²) in [6, 6.07) is 12.3. The van der Waals surface area contributed by atoms with Gasteiger partial charge >= 0.3 is 0 Å². The van der Waals surface area contributed by atoms with E-state index in [2.05, 4.69) is 46.2 Å². The van der Waals surface area contributed by atoms with E-state index in [1.165, 1.54) is 11.1 Å². The smallest absolute Gasteiger partial charge is 0.137 e. The third-order valence-corrected chi connectivity index (χ3v) is 3.31. The van der Waals surface area contributed by atoms with Gasteiger partial charge in [-0.05, 0) is 40.5 Å². The summed E-state index contributed by atoms with van der Waals surface area (Å²) >= 11 is 3.46. The standard InChI is InChI=1S/C14H11BrN2/c1-10-4-2-3-5-12(10)13-9-17-8-11(15)6-7-14(17)16-13/h2-9H,1H3. The van der Waals surface area contributed by atoms with Crippen molar-refractivity contribution in [3.05, 3.63) is 58.8 Å². The lowest BCUT2D eigenvalue weighted by atomic mass is 10.1. The Bertz CT molecular complexity index is 686. The molecule has 3 aromatic rings. The third kappa shape index (κ3) is 1.87. The lowest BCUT2D eigenvalue weighted by Crippen LogP contribution is -1.81. The summed E-state index contributed by atoms with van der Waals surface area (Å²) in [5.41, 5.74) is 4.41. The van der Waals surface area contributed by atoms with Crippen LogP contribution in [0.3, 0.4) is 0 Å². The number of aryl methyl sites for hydroxylation is 1. The third-order valence-electron chi connectivity index (χ3n) is 2.84. The zero-order chi connectivity index (χ0) is 11.8. The number of fused-ring (bicyclic) bond motifs is 1. The molecule has 0 radical (unpaired) electrons. The molecule has 17 heavy (non-hydrogen) atoms. The Morgan fingerprint density at radius 1 is 1.06 bits per heavy atom. The highest BCUT2D eigenvalue weighted by Gasteiger charge is 2.06. The molecule has 0 spiro atoms. The van der Waals surface area contributed by atoms with Crippen LogP contribution in [-0.4, -0.2) is 9.38 Å². The predicted molar refractivity (Wildman–Crippen MR) is 73.1 cm³/mol. The van der Waals surface area contributed by atoms with Gasteiger partial charge in [0.2, 0.25) is 0 Å². The first-order chi connectivity index (χ1) is 8.24. The zero-order valence-electron chi connectivity index (χ0n) is 9.39. The number of imidazole rings is 1. The molecule has 1 aromatic carbocycles. The van der Waals surface area contributed by atoms with E-state index in [1.807, 2.05) is 34.9 Å². The number of nitrogens with zero attached hydrogens (tertiary/aromatic N) is 2. The van der Waals surface area contributed by atoms with Gasteiger partial charge in [-0.25, -0.2) is 4.98 Å². The Morgan fingerprint density at radius 2 is 1.88 bits per heavy atom. The summed E-state index contributed by atoms with van der Waals surface area (Å²) in [6.07, 6.45) is 4.08. The highest BCUT2D eigenvalue weighted by atomic mass is 79.9. The first-order valence-electron chi connectivity index (χ1n) is 5.44. The van der Waals surface area contributed by atoms with Gasteiger partial charge in [0.1, 0.15) is 5.65 Å². The minimum absolute atomic E-state index is 0.964. The highest BCUT2D eigenvalue weighted by molar-refractivity contribution is 9.10. The van der Waals surface area contributed by atoms with Gasteiger partial charge in [-0.3, -0.25) is 0 Å². The van der Waals surface area contributed by atoms with Gasteiger partial charge in [0.25, 0.3) is 0 Å². The molecule has 0 aliphatic heterocycles. The van der Waals surface area contributed by atoms with Crippen molar-refractivity contribution in [1.29, 1.82) is 0 Å². The average Bonchev–Trinajstić information content (AvgIpc) is 2.72. The van der Waals surface area contributed by atoms with Crippen LogP contribution in [0.5, 0.6) is 0 Å². The minimum atomic E-state index is 0.964. The van der Waals surface area contributed by atoms with E-state index in [0.29, 0.717) is 0 Å². The Balaban J connectivity index is 2.22. The van der Waals surface area contributed by atoms with E-state index in [9.17, 15) is 0 Å². The first-order valence-corrected chi connectivity index (χ1v) is 6.23. The summed E-state index contributed by atoms with van der Waals surface area (Å²) < 4.78 is 3.09. The largest absolute Gasteiger partial charge is 0.305 e. The van der Waals surface area contributed by atoms with Crippen LogP contribution in [0.2, 0.25) is 0 Å². The number of hydrogen-bond donors (Lipinski definition) is 0. The fraction of sp³-hybridized carbons (Fsp3) is 0.0714. The second-order valence-corrected chi connectivity index (χ2v) is 4.97. The summed E-state index contributed by atoms with van der Waals surface area (Å²) in [4.78, 5) is 4.63. The minimum Gasteiger partial charge on any atom is -0.305 e. The van der Waals surface area contributed by atoms with Gasteiger partial charge in [0.05, 0.1) is 5.69 Å². The summed E-state index contributed by atoms with van der Waals surface area (Å²) in [7, 11) is 0. The Kier molecular flexibility index (Phi) is 2.48. The topological polar surface area (TPSA) is 17.3 Å². The van der Waals surface area contributed by atoms with Crippen LogP contribution in [0, 0.1) is 6.92 Å². The zero-order valence-corrected chi connectivity index (χ0v) is 11.0. The molecule has 2 nitrogen and oxygen atoms in total. The SMILES string of the molecule is Cc1ccccc1-c1cn2cc(Br)ccc2n1. The second-order valence-electron chi connectivity index (χ2n) is 4.05. The molecule has 0 aliphatic rings. The van der Waals surface area contributed by atoms with Gasteiger partial charge in [0, 0.05) is 22.4 Å². The van der Waals surface area contributed by atoms with Crippen molar-refractivity contribution in [2.24, 2.45) is 0 Å². The van der Waals surface area contributed by atoms with Crippen molar-refractivity contribution in [3.63, 3.8) is 0 Å². The van der Waals surface area contributed by atoms with Crippen LogP contribution < -0.4 is 0 Å². The van der Waals surface area contributed by atoms with Gasteiger partial charge in [-0.2, -0.15) is 0 Å². The van der Waals surface area contributed by atoms with E-state index in [4.69, 9.17) is 0 Å². The molecule has 0 fully saturated rings. The van der Waals surface area contributed by atoms with Crippen LogP contribution in [0.15, 0.2) is 53.3 Å². The van der Waals surface area contributed by atoms with Crippen molar-refractivity contribution < 1.29 is 0 Å². The van der Waals surface area contributed by atoms with E-state index >= 15 is 0 Å². The number of benzene rings is 1. The average molecular weight is 287 g/mol. The molecule has 84 valence electrons. The van der Waals surface area contributed by atoms with E-state index in [1.54, 1.807) is 0 Å². The van der Waals surface area contributed by atoms with Crippen LogP contribution in [0.1, 0.15) is 5.56 Å². The molecule has 0 aliphatic carbocycles. The van der Waals surface area contributed by atoms with Gasteiger partial charge in [0.15, 0.2) is 0 Å².